The summed E-state index contributed by atoms with van der Waals surface area (Å²) in [5.74, 6) is 0. The van der Waals surface area contributed by atoms with E-state index < -0.39 is 0 Å². The highest BCUT2D eigenvalue weighted by molar-refractivity contribution is 5.89. The van der Waals surface area contributed by atoms with Gasteiger partial charge in [-0.25, -0.2) is 4.79 Å². The highest BCUT2D eigenvalue weighted by Gasteiger charge is 2.16. The average Bonchev–Trinajstić information content (AvgIpc) is 2.92. The zero-order valence-electron chi connectivity index (χ0n) is 12.4. The highest BCUT2D eigenvalue weighted by atomic mass is 16.2. The van der Waals surface area contributed by atoms with Gasteiger partial charge in [0.1, 0.15) is 0 Å². The Kier molecular flexibility index (Phi) is 5.41. The molecule has 1 aliphatic carbocycles. The summed E-state index contributed by atoms with van der Waals surface area (Å²) in [7, 11) is 0. The molecule has 2 amide bonds. The molecule has 0 bridgehead atoms. The van der Waals surface area contributed by atoms with Gasteiger partial charge in [0.25, 0.3) is 0 Å². The third-order valence-corrected chi connectivity index (χ3v) is 3.87. The monoisotopic (exact) mass is 275 g/mol. The lowest BCUT2D eigenvalue weighted by atomic mass is 10.1. The van der Waals surface area contributed by atoms with E-state index >= 15 is 0 Å². The van der Waals surface area contributed by atoms with Crippen LogP contribution in [0.25, 0.3) is 0 Å². The summed E-state index contributed by atoms with van der Waals surface area (Å²) in [4.78, 5) is 11.9. The summed E-state index contributed by atoms with van der Waals surface area (Å²) in [6.07, 6.45) is 4.66. The Labute approximate surface area is 121 Å². The van der Waals surface area contributed by atoms with E-state index in [4.69, 9.17) is 0 Å². The van der Waals surface area contributed by atoms with Gasteiger partial charge in [-0.2, -0.15) is 0 Å². The Bertz CT molecular complexity index is 424. The van der Waals surface area contributed by atoms with Gasteiger partial charge in [-0.1, -0.05) is 31.9 Å². The summed E-state index contributed by atoms with van der Waals surface area (Å²) in [6, 6.07) is 8.61. The first kappa shape index (κ1) is 14.9. The van der Waals surface area contributed by atoms with Gasteiger partial charge in [0.05, 0.1) is 0 Å². The standard InChI is InChI=1S/C16H25N3O/c1-3-17-12(2)13-8-10-15(11-9-13)19-16(20)18-14-6-4-5-7-14/h8-12,14,17H,3-7H2,1-2H3,(H2,18,19,20). The van der Waals surface area contributed by atoms with E-state index in [2.05, 4.69) is 41.9 Å². The SMILES string of the molecule is CCNC(C)c1ccc(NC(=O)NC2CCCC2)cc1. The summed E-state index contributed by atoms with van der Waals surface area (Å²) in [6.45, 7) is 5.18. The molecule has 0 radical (unpaired) electrons. The van der Waals surface area contributed by atoms with E-state index in [0.29, 0.717) is 12.1 Å². The van der Waals surface area contributed by atoms with Crippen LogP contribution in [0.2, 0.25) is 0 Å². The van der Waals surface area contributed by atoms with Crippen LogP contribution in [0.1, 0.15) is 51.1 Å². The van der Waals surface area contributed by atoms with E-state index in [0.717, 1.165) is 25.1 Å². The Balaban J connectivity index is 1.84. The van der Waals surface area contributed by atoms with Gasteiger partial charge in [-0.3, -0.25) is 0 Å². The third kappa shape index (κ3) is 4.23. The summed E-state index contributed by atoms with van der Waals surface area (Å²) in [5.41, 5.74) is 2.07. The van der Waals surface area contributed by atoms with Crippen molar-refractivity contribution in [3.05, 3.63) is 29.8 Å². The van der Waals surface area contributed by atoms with Crippen molar-refractivity contribution < 1.29 is 4.79 Å². The minimum absolute atomic E-state index is 0.0932. The minimum atomic E-state index is -0.0932. The fourth-order valence-electron chi connectivity index (χ4n) is 2.70. The van der Waals surface area contributed by atoms with Crippen LogP contribution in [0.5, 0.6) is 0 Å². The second kappa shape index (κ2) is 7.29. The molecule has 1 aromatic rings. The van der Waals surface area contributed by atoms with Crippen molar-refractivity contribution in [3.63, 3.8) is 0 Å². The molecule has 2 rings (SSSR count). The molecule has 1 aromatic carbocycles. The van der Waals surface area contributed by atoms with Gasteiger partial charge in [0.2, 0.25) is 0 Å². The second-order valence-corrected chi connectivity index (χ2v) is 5.48. The molecule has 110 valence electrons. The largest absolute Gasteiger partial charge is 0.335 e. The number of anilines is 1. The number of urea groups is 1. The number of hydrogen-bond acceptors (Lipinski definition) is 2. The molecular weight excluding hydrogens is 250 g/mol. The molecule has 0 aliphatic heterocycles. The maximum atomic E-state index is 11.9. The van der Waals surface area contributed by atoms with Gasteiger partial charge >= 0.3 is 6.03 Å². The molecule has 4 heteroatoms. The van der Waals surface area contributed by atoms with Crippen molar-refractivity contribution in [1.82, 2.24) is 10.6 Å². The third-order valence-electron chi connectivity index (χ3n) is 3.87. The van der Waals surface area contributed by atoms with Crippen LogP contribution in [0.3, 0.4) is 0 Å². The molecule has 1 atom stereocenters. The van der Waals surface area contributed by atoms with Crippen molar-refractivity contribution in [2.75, 3.05) is 11.9 Å². The molecule has 1 unspecified atom stereocenters. The van der Waals surface area contributed by atoms with E-state index in [-0.39, 0.29) is 6.03 Å². The smallest absolute Gasteiger partial charge is 0.319 e. The van der Waals surface area contributed by atoms with Gasteiger partial charge in [0, 0.05) is 17.8 Å². The van der Waals surface area contributed by atoms with Crippen LogP contribution in [0.15, 0.2) is 24.3 Å². The van der Waals surface area contributed by atoms with Crippen molar-refractivity contribution >= 4 is 11.7 Å². The normalized spacial score (nSPS) is 16.9. The Morgan fingerprint density at radius 3 is 2.50 bits per heavy atom. The van der Waals surface area contributed by atoms with Crippen molar-refractivity contribution in [3.8, 4) is 0 Å². The maximum absolute atomic E-state index is 11.9. The maximum Gasteiger partial charge on any atom is 0.319 e. The fraction of sp³-hybridized carbons (Fsp3) is 0.562. The lowest BCUT2D eigenvalue weighted by molar-refractivity contribution is 0.248. The van der Waals surface area contributed by atoms with Crippen molar-refractivity contribution in [2.45, 2.75) is 51.6 Å². The number of rotatable bonds is 5. The van der Waals surface area contributed by atoms with Crippen LogP contribution < -0.4 is 16.0 Å². The zero-order chi connectivity index (χ0) is 14.4. The van der Waals surface area contributed by atoms with Gasteiger partial charge < -0.3 is 16.0 Å². The molecular formula is C16H25N3O. The molecule has 0 saturated heterocycles. The molecule has 1 aliphatic rings. The molecule has 4 nitrogen and oxygen atoms in total. The Hall–Kier alpha value is -1.55. The van der Waals surface area contributed by atoms with Crippen LogP contribution in [-0.4, -0.2) is 18.6 Å². The van der Waals surface area contributed by atoms with Crippen molar-refractivity contribution in [1.29, 1.82) is 0 Å². The lowest BCUT2D eigenvalue weighted by Gasteiger charge is -2.15. The van der Waals surface area contributed by atoms with Gasteiger partial charge in [-0.05, 0) is 44.0 Å². The Morgan fingerprint density at radius 2 is 1.90 bits per heavy atom. The van der Waals surface area contributed by atoms with Crippen LogP contribution in [-0.2, 0) is 0 Å². The quantitative estimate of drug-likeness (QED) is 0.771. The van der Waals surface area contributed by atoms with Gasteiger partial charge in [-0.15, -0.1) is 0 Å². The predicted octanol–water partition coefficient (Wildman–Crippen LogP) is 3.42. The molecule has 1 fully saturated rings. The number of amides is 2. The average molecular weight is 275 g/mol. The van der Waals surface area contributed by atoms with Crippen molar-refractivity contribution in [2.24, 2.45) is 0 Å². The van der Waals surface area contributed by atoms with E-state index in [1.165, 1.54) is 18.4 Å². The molecule has 0 spiro atoms. The van der Waals surface area contributed by atoms with Crippen LogP contribution in [0.4, 0.5) is 10.5 Å². The van der Waals surface area contributed by atoms with E-state index in [1.807, 2.05) is 12.1 Å². The topological polar surface area (TPSA) is 53.2 Å². The first-order valence-corrected chi connectivity index (χ1v) is 7.60. The first-order valence-electron chi connectivity index (χ1n) is 7.60. The molecule has 3 N–H and O–H groups in total. The Morgan fingerprint density at radius 1 is 1.25 bits per heavy atom. The second-order valence-electron chi connectivity index (χ2n) is 5.48. The number of carbonyl (C=O) groups is 1. The molecule has 0 heterocycles. The highest BCUT2D eigenvalue weighted by Crippen LogP contribution is 2.18. The molecule has 0 aromatic heterocycles. The fourth-order valence-corrected chi connectivity index (χ4v) is 2.70. The van der Waals surface area contributed by atoms with E-state index in [1.54, 1.807) is 0 Å². The molecule has 1 saturated carbocycles. The predicted molar refractivity (Wildman–Crippen MR) is 82.9 cm³/mol. The minimum Gasteiger partial charge on any atom is -0.335 e. The lowest BCUT2D eigenvalue weighted by Crippen LogP contribution is -2.36. The summed E-state index contributed by atoms with van der Waals surface area (Å²) < 4.78 is 0. The number of hydrogen-bond donors (Lipinski definition) is 3. The zero-order valence-corrected chi connectivity index (χ0v) is 12.4. The summed E-state index contributed by atoms with van der Waals surface area (Å²) >= 11 is 0. The molecule has 20 heavy (non-hydrogen) atoms. The van der Waals surface area contributed by atoms with Gasteiger partial charge in [0.15, 0.2) is 0 Å². The van der Waals surface area contributed by atoms with E-state index in [9.17, 15) is 4.79 Å². The van der Waals surface area contributed by atoms with Crippen LogP contribution >= 0.6 is 0 Å². The number of benzene rings is 1. The number of carbonyl (C=O) groups excluding carboxylic acids is 1. The van der Waals surface area contributed by atoms with Crippen LogP contribution in [0, 0.1) is 0 Å². The summed E-state index contributed by atoms with van der Waals surface area (Å²) in [5, 5.41) is 9.29. The first-order chi connectivity index (χ1) is 9.69. The number of nitrogens with one attached hydrogen (secondary N) is 3.